The molecular formula is C75H49N9O3S. The SMILES string of the molecule is CC.O=c1c2ccccc2oc2nc3cc(-c4ccc5c(c4)c4ccccc4n5-c4ccccc4)ccc3n12.O=c1c2ccccc2sc2nc3ccc(-c4ccc5c(c4)c4ccccc4n5-c4nc(-c5ccccc5)nc(-c5ccccc5)n4)cc3n12. The number of aromatic nitrogens is 9. The maximum Gasteiger partial charge on any atom is 0.310 e. The Bertz CT molecular complexity index is 5850. The highest BCUT2D eigenvalue weighted by molar-refractivity contribution is 7.23. The van der Waals surface area contributed by atoms with Gasteiger partial charge in [0, 0.05) is 43.1 Å². The van der Waals surface area contributed by atoms with Crippen LogP contribution in [-0.2, 0) is 0 Å². The largest absolute Gasteiger partial charge is 0.424 e. The van der Waals surface area contributed by atoms with E-state index in [-0.39, 0.29) is 11.1 Å². The smallest absolute Gasteiger partial charge is 0.310 e. The molecule has 0 aliphatic heterocycles. The minimum absolute atomic E-state index is 0.0513. The van der Waals surface area contributed by atoms with Crippen molar-refractivity contribution in [3.05, 3.63) is 282 Å². The van der Waals surface area contributed by atoms with Crippen molar-refractivity contribution in [2.45, 2.75) is 13.8 Å². The standard InChI is InChI=1S/C41H24N6OS.C32H19N3O2.C2H6/c48-39-30-16-8-10-18-36(30)49-41-42-32-21-19-28(24-35(32)47(39)41)27-20-22-34-31(23-27)29-15-7-9-17-33(29)46(34)40-44-37(25-11-3-1-4-12-25)43-38(45-40)26-13-5-2-6-14-26;36-31-24-11-5-7-13-30(24)37-32-33-26-19-21(15-17-29(26)35(31)32)20-14-16-28-25(18-20)23-10-4-6-12-27(23)34(28)22-8-2-1-3-9-22;1-2/h1-24H;1-19H;1-2H3. The third-order valence-corrected chi connectivity index (χ3v) is 17.2. The second kappa shape index (κ2) is 21.1. The van der Waals surface area contributed by atoms with Crippen molar-refractivity contribution in [1.82, 2.24) is 42.9 Å². The summed E-state index contributed by atoms with van der Waals surface area (Å²) in [5.41, 5.74) is 14.9. The molecular weight excluding hydrogens is 1110 g/mol. The van der Waals surface area contributed by atoms with Gasteiger partial charge in [-0.15, -0.1) is 0 Å². The molecule has 0 aliphatic rings. The van der Waals surface area contributed by atoms with Gasteiger partial charge in [0.2, 0.25) is 5.95 Å². The summed E-state index contributed by atoms with van der Waals surface area (Å²) in [5.74, 6) is 2.08. The maximum absolute atomic E-state index is 13.6. The summed E-state index contributed by atoms with van der Waals surface area (Å²) in [7, 11) is 0. The van der Waals surface area contributed by atoms with Gasteiger partial charge in [0.25, 0.3) is 11.1 Å². The first kappa shape index (κ1) is 51.9. The highest BCUT2D eigenvalue weighted by Gasteiger charge is 2.21. The number of para-hydroxylation sites is 4. The normalized spacial score (nSPS) is 11.6. The fraction of sp³-hybridized carbons (Fsp3) is 0.0267. The summed E-state index contributed by atoms with van der Waals surface area (Å²) in [6.45, 7) is 4.00. The Morgan fingerprint density at radius 2 is 0.830 bits per heavy atom. The topological polar surface area (TPSA) is 130 Å². The molecule has 18 rings (SSSR count). The van der Waals surface area contributed by atoms with E-state index in [4.69, 9.17) is 24.4 Å². The number of imidazole rings is 2. The zero-order chi connectivity index (χ0) is 59.0. The Kier molecular flexibility index (Phi) is 12.5. The van der Waals surface area contributed by atoms with Crippen molar-refractivity contribution in [3.63, 3.8) is 0 Å². The molecule has 0 spiro atoms. The van der Waals surface area contributed by atoms with Crippen LogP contribution in [0.1, 0.15) is 13.8 Å². The molecule has 0 saturated carbocycles. The van der Waals surface area contributed by atoms with E-state index >= 15 is 0 Å². The van der Waals surface area contributed by atoms with Crippen LogP contribution in [0.4, 0.5) is 0 Å². The second-order valence-corrected chi connectivity index (χ2v) is 22.2. The molecule has 0 radical (unpaired) electrons. The molecule has 13 heteroatoms. The van der Waals surface area contributed by atoms with Crippen molar-refractivity contribution in [1.29, 1.82) is 0 Å². The van der Waals surface area contributed by atoms with Gasteiger partial charge in [0.1, 0.15) is 5.58 Å². The van der Waals surface area contributed by atoms with Crippen LogP contribution in [0.25, 0.3) is 154 Å². The van der Waals surface area contributed by atoms with Gasteiger partial charge in [-0.2, -0.15) is 15.0 Å². The van der Waals surface area contributed by atoms with Crippen molar-refractivity contribution in [2.24, 2.45) is 0 Å². The van der Waals surface area contributed by atoms with Crippen LogP contribution in [0.2, 0.25) is 0 Å². The Morgan fingerprint density at radius 1 is 0.341 bits per heavy atom. The predicted octanol–water partition coefficient (Wildman–Crippen LogP) is 17.7. The minimum Gasteiger partial charge on any atom is -0.424 e. The van der Waals surface area contributed by atoms with E-state index in [1.54, 1.807) is 20.9 Å². The fourth-order valence-electron chi connectivity index (χ4n) is 12.2. The number of fused-ring (bicyclic) bond motifs is 14. The number of rotatable bonds is 6. The Balaban J connectivity index is 0.000000143. The lowest BCUT2D eigenvalue weighted by molar-refractivity contribution is 0.616. The monoisotopic (exact) mass is 1160 g/mol. The molecule has 7 aromatic heterocycles. The first-order valence-electron chi connectivity index (χ1n) is 29.1. The van der Waals surface area contributed by atoms with E-state index in [1.807, 2.05) is 147 Å². The lowest BCUT2D eigenvalue weighted by Crippen LogP contribution is -2.12. The van der Waals surface area contributed by atoms with Crippen LogP contribution in [0, 0.1) is 0 Å². The Labute approximate surface area is 505 Å². The van der Waals surface area contributed by atoms with E-state index in [0.29, 0.717) is 44.8 Å². The molecule has 88 heavy (non-hydrogen) atoms. The zero-order valence-electron chi connectivity index (χ0n) is 47.5. The molecule has 0 unspecified atom stereocenters. The number of nitrogens with zero attached hydrogens (tertiary/aromatic N) is 9. The molecule has 0 fully saturated rings. The molecule has 0 atom stereocenters. The average molecular weight is 1160 g/mol. The first-order chi connectivity index (χ1) is 43.5. The van der Waals surface area contributed by atoms with E-state index < -0.39 is 0 Å². The van der Waals surface area contributed by atoms with Gasteiger partial charge in [-0.25, -0.2) is 18.8 Å². The number of hydrogen-bond acceptors (Lipinski definition) is 9. The molecule has 12 nitrogen and oxygen atoms in total. The van der Waals surface area contributed by atoms with Crippen LogP contribution in [0.5, 0.6) is 0 Å². The van der Waals surface area contributed by atoms with E-state index in [2.05, 4.69) is 129 Å². The van der Waals surface area contributed by atoms with Crippen LogP contribution in [0.15, 0.2) is 275 Å². The van der Waals surface area contributed by atoms with Crippen molar-refractivity contribution < 1.29 is 4.42 Å². The Hall–Kier alpha value is -11.7. The van der Waals surface area contributed by atoms with Crippen molar-refractivity contribution in [3.8, 4) is 56.7 Å². The molecule has 11 aromatic carbocycles. The fourth-order valence-corrected chi connectivity index (χ4v) is 13.2. The van der Waals surface area contributed by atoms with E-state index in [9.17, 15) is 9.59 Å². The molecule has 7 heterocycles. The molecule has 0 N–H and O–H groups in total. The van der Waals surface area contributed by atoms with Gasteiger partial charge in [-0.1, -0.05) is 189 Å². The van der Waals surface area contributed by atoms with E-state index in [1.165, 1.54) is 27.6 Å². The second-order valence-electron chi connectivity index (χ2n) is 21.2. The van der Waals surface area contributed by atoms with Crippen LogP contribution in [0.3, 0.4) is 0 Å². The summed E-state index contributed by atoms with van der Waals surface area (Å²) in [5, 5.41) is 5.80. The number of hydrogen-bond donors (Lipinski definition) is 0. The van der Waals surface area contributed by atoms with Crippen molar-refractivity contribution in [2.75, 3.05) is 0 Å². The van der Waals surface area contributed by atoms with Gasteiger partial charge in [-0.05, 0) is 119 Å². The highest BCUT2D eigenvalue weighted by atomic mass is 32.1. The van der Waals surface area contributed by atoms with Gasteiger partial charge in [-0.3, -0.25) is 14.2 Å². The Morgan fingerprint density at radius 3 is 1.49 bits per heavy atom. The lowest BCUT2D eigenvalue weighted by atomic mass is 10.0. The summed E-state index contributed by atoms with van der Waals surface area (Å²) < 4.78 is 14.6. The third kappa shape index (κ3) is 8.54. The average Bonchev–Trinajstić information content (AvgIpc) is 1.93. The minimum atomic E-state index is -0.123. The molecule has 0 amide bonds. The summed E-state index contributed by atoms with van der Waals surface area (Å²) in [4.78, 5) is 51.9. The molecule has 0 aliphatic carbocycles. The van der Waals surface area contributed by atoms with Gasteiger partial charge < -0.3 is 8.98 Å². The summed E-state index contributed by atoms with van der Waals surface area (Å²) in [6.07, 6.45) is 0. The molecule has 0 saturated heterocycles. The maximum atomic E-state index is 13.6. The van der Waals surface area contributed by atoms with Gasteiger partial charge in [0.15, 0.2) is 16.6 Å². The number of benzene rings is 11. The first-order valence-corrected chi connectivity index (χ1v) is 30.0. The molecule has 0 bridgehead atoms. The summed E-state index contributed by atoms with van der Waals surface area (Å²) in [6, 6.07) is 87.5. The molecule has 418 valence electrons. The molecule has 18 aromatic rings. The van der Waals surface area contributed by atoms with Crippen molar-refractivity contribution >= 4 is 109 Å². The van der Waals surface area contributed by atoms with Crippen LogP contribution < -0.4 is 11.1 Å². The summed E-state index contributed by atoms with van der Waals surface area (Å²) >= 11 is 1.53. The highest BCUT2D eigenvalue weighted by Crippen LogP contribution is 2.38. The van der Waals surface area contributed by atoms with Crippen LogP contribution >= 0.6 is 11.3 Å². The van der Waals surface area contributed by atoms with Crippen LogP contribution in [-0.4, -0.2) is 42.9 Å². The predicted molar refractivity (Wildman–Crippen MR) is 358 cm³/mol. The van der Waals surface area contributed by atoms with Gasteiger partial charge >= 0.3 is 5.84 Å². The van der Waals surface area contributed by atoms with E-state index in [0.717, 1.165) is 93.2 Å². The third-order valence-electron chi connectivity index (χ3n) is 16.2. The zero-order valence-corrected chi connectivity index (χ0v) is 48.3. The lowest BCUT2D eigenvalue weighted by Gasteiger charge is -2.11. The quantitative estimate of drug-likeness (QED) is 0.161. The van der Waals surface area contributed by atoms with Gasteiger partial charge in [0.05, 0.1) is 54.9 Å².